The van der Waals surface area contributed by atoms with Gasteiger partial charge in [0, 0.05) is 6.61 Å². The molecule has 0 aliphatic rings. The molecule has 0 aromatic carbocycles. The van der Waals surface area contributed by atoms with Crippen molar-refractivity contribution < 1.29 is 4.43 Å². The van der Waals surface area contributed by atoms with Crippen LogP contribution in [0.2, 0.25) is 16.6 Å². The Kier molecular flexibility index (Phi) is 8.06. The van der Waals surface area contributed by atoms with Crippen LogP contribution in [0, 0.1) is 0 Å². The lowest BCUT2D eigenvalue weighted by atomic mass is 10.2. The smallest absolute Gasteiger partial charge is 0.200 e. The lowest BCUT2D eigenvalue weighted by molar-refractivity contribution is 0.269. The minimum atomic E-state index is -1.61. The molecule has 2 heteroatoms. The van der Waals surface area contributed by atoms with E-state index in [9.17, 15) is 0 Å². The molecule has 0 heterocycles. The van der Waals surface area contributed by atoms with Crippen molar-refractivity contribution >= 4 is 8.32 Å². The first-order valence-corrected chi connectivity index (χ1v) is 9.28. The summed E-state index contributed by atoms with van der Waals surface area (Å²) in [6.07, 6.45) is 5.50. The molecule has 0 aromatic rings. The second-order valence-electron chi connectivity index (χ2n) is 5.95. The molecule has 0 radical (unpaired) electrons. The Morgan fingerprint density at radius 1 is 0.941 bits per heavy atom. The minimum Gasteiger partial charge on any atom is -0.416 e. The van der Waals surface area contributed by atoms with E-state index in [4.69, 9.17) is 4.43 Å². The summed E-state index contributed by atoms with van der Waals surface area (Å²) in [6, 6.07) is 0. The molecule has 0 atom stereocenters. The van der Waals surface area contributed by atoms with Crippen LogP contribution in [0.25, 0.3) is 0 Å². The molecule has 0 aromatic heterocycles. The van der Waals surface area contributed by atoms with Crippen molar-refractivity contribution in [1.29, 1.82) is 0 Å². The Morgan fingerprint density at radius 3 is 1.76 bits per heavy atom. The van der Waals surface area contributed by atoms with Gasteiger partial charge in [-0.15, -0.1) is 6.58 Å². The highest BCUT2D eigenvalue weighted by molar-refractivity contribution is 6.77. The minimum absolute atomic E-state index is 0.696. The maximum absolute atomic E-state index is 6.47. The lowest BCUT2D eigenvalue weighted by Gasteiger charge is -2.42. The van der Waals surface area contributed by atoms with Crippen molar-refractivity contribution in [1.82, 2.24) is 0 Å². The van der Waals surface area contributed by atoms with Crippen molar-refractivity contribution in [2.75, 3.05) is 6.61 Å². The molecule has 0 saturated heterocycles. The zero-order valence-electron chi connectivity index (χ0n) is 12.8. The lowest BCUT2D eigenvalue weighted by Crippen LogP contribution is -2.47. The van der Waals surface area contributed by atoms with Crippen LogP contribution in [-0.2, 0) is 4.43 Å². The van der Waals surface area contributed by atoms with Crippen molar-refractivity contribution in [3.05, 3.63) is 12.7 Å². The molecule has 17 heavy (non-hydrogen) atoms. The molecule has 0 unspecified atom stereocenters. The van der Waals surface area contributed by atoms with Gasteiger partial charge in [-0.1, -0.05) is 47.6 Å². The van der Waals surface area contributed by atoms with Gasteiger partial charge in [-0.2, -0.15) is 0 Å². The fraction of sp³-hybridized carbons (Fsp3) is 0.867. The maximum atomic E-state index is 6.47. The van der Waals surface area contributed by atoms with E-state index in [1.807, 2.05) is 6.08 Å². The van der Waals surface area contributed by atoms with Crippen LogP contribution < -0.4 is 0 Å². The zero-order valence-corrected chi connectivity index (χ0v) is 13.8. The molecule has 0 aliphatic carbocycles. The quantitative estimate of drug-likeness (QED) is 0.299. The van der Waals surface area contributed by atoms with E-state index in [0.29, 0.717) is 16.6 Å². The number of hydrogen-bond donors (Lipinski definition) is 0. The molecule has 1 nitrogen and oxygen atoms in total. The van der Waals surface area contributed by atoms with Crippen molar-refractivity contribution in [2.24, 2.45) is 0 Å². The van der Waals surface area contributed by atoms with Gasteiger partial charge >= 0.3 is 0 Å². The third kappa shape index (κ3) is 4.59. The van der Waals surface area contributed by atoms with E-state index in [1.165, 1.54) is 12.8 Å². The average Bonchev–Trinajstić information content (AvgIpc) is 2.21. The molecule has 0 bridgehead atoms. The van der Waals surface area contributed by atoms with Crippen molar-refractivity contribution in [2.45, 2.75) is 77.4 Å². The number of hydrogen-bond acceptors (Lipinski definition) is 1. The third-order valence-electron chi connectivity index (χ3n) is 3.86. The second-order valence-corrected chi connectivity index (χ2v) is 11.4. The Morgan fingerprint density at radius 2 is 1.41 bits per heavy atom. The summed E-state index contributed by atoms with van der Waals surface area (Å²) in [6.45, 7) is 18.8. The summed E-state index contributed by atoms with van der Waals surface area (Å²) >= 11 is 0. The first-order valence-electron chi connectivity index (χ1n) is 7.14. The van der Waals surface area contributed by atoms with Crippen molar-refractivity contribution in [3.8, 4) is 0 Å². The highest BCUT2D eigenvalue weighted by Gasteiger charge is 2.44. The van der Waals surface area contributed by atoms with Gasteiger partial charge in [0.25, 0.3) is 0 Å². The van der Waals surface area contributed by atoms with Gasteiger partial charge in [-0.05, 0) is 35.9 Å². The summed E-state index contributed by atoms with van der Waals surface area (Å²) in [5.41, 5.74) is 2.09. The van der Waals surface area contributed by atoms with Gasteiger partial charge in [-0.3, -0.25) is 0 Å². The topological polar surface area (TPSA) is 9.23 Å². The van der Waals surface area contributed by atoms with E-state index >= 15 is 0 Å². The molecule has 0 aliphatic heterocycles. The van der Waals surface area contributed by atoms with Gasteiger partial charge in [0.05, 0.1) is 0 Å². The predicted octanol–water partition coefficient (Wildman–Crippen LogP) is 5.53. The van der Waals surface area contributed by atoms with Crippen LogP contribution in [0.4, 0.5) is 0 Å². The van der Waals surface area contributed by atoms with Gasteiger partial charge in [0.2, 0.25) is 0 Å². The second kappa shape index (κ2) is 8.10. The molecule has 0 N–H and O–H groups in total. The molecular formula is C15H32OSi. The molecule has 102 valence electrons. The third-order valence-corrected chi connectivity index (χ3v) is 9.98. The normalized spacial score (nSPS) is 12.8. The monoisotopic (exact) mass is 256 g/mol. The zero-order chi connectivity index (χ0) is 13.5. The fourth-order valence-electron chi connectivity index (χ4n) is 3.14. The predicted molar refractivity (Wildman–Crippen MR) is 81.0 cm³/mol. The van der Waals surface area contributed by atoms with Gasteiger partial charge < -0.3 is 4.43 Å². The summed E-state index contributed by atoms with van der Waals surface area (Å²) in [7, 11) is -1.61. The fourth-order valence-corrected chi connectivity index (χ4v) is 8.64. The molecule has 0 saturated carbocycles. The number of rotatable bonds is 9. The van der Waals surface area contributed by atoms with E-state index in [-0.39, 0.29) is 0 Å². The van der Waals surface area contributed by atoms with Crippen LogP contribution in [0.1, 0.15) is 60.8 Å². The van der Waals surface area contributed by atoms with E-state index in [2.05, 4.69) is 48.1 Å². The number of allylic oxidation sites excluding steroid dienone is 1. The first kappa shape index (κ1) is 16.9. The van der Waals surface area contributed by atoms with E-state index in [0.717, 1.165) is 13.0 Å². The highest BCUT2D eigenvalue weighted by Crippen LogP contribution is 2.42. The van der Waals surface area contributed by atoms with Crippen LogP contribution in [0.3, 0.4) is 0 Å². The van der Waals surface area contributed by atoms with Crippen LogP contribution in [0.15, 0.2) is 12.7 Å². The van der Waals surface area contributed by atoms with Gasteiger partial charge in [-0.25, -0.2) is 0 Å². The standard InChI is InChI=1S/C15H32OSi/c1-8-9-10-11-12-16-17(13(2)3,14(4)5)15(6)7/h8,13-15H,1,9-12H2,2-7H3. The Hall–Kier alpha value is -0.0831. The molecule has 0 rings (SSSR count). The SMILES string of the molecule is C=CCCCCO[Si](C(C)C)(C(C)C)C(C)C. The van der Waals surface area contributed by atoms with Crippen LogP contribution in [0.5, 0.6) is 0 Å². The average molecular weight is 257 g/mol. The summed E-state index contributed by atoms with van der Waals surface area (Å²) in [5, 5.41) is 0. The number of unbranched alkanes of at least 4 members (excludes halogenated alkanes) is 2. The van der Waals surface area contributed by atoms with E-state index < -0.39 is 8.32 Å². The van der Waals surface area contributed by atoms with Gasteiger partial charge in [0.15, 0.2) is 8.32 Å². The summed E-state index contributed by atoms with van der Waals surface area (Å²) in [5.74, 6) is 0. The highest BCUT2D eigenvalue weighted by atomic mass is 28.4. The Balaban J connectivity index is 4.43. The van der Waals surface area contributed by atoms with E-state index in [1.54, 1.807) is 0 Å². The van der Waals surface area contributed by atoms with Crippen LogP contribution in [-0.4, -0.2) is 14.9 Å². The Bertz CT molecular complexity index is 187. The van der Waals surface area contributed by atoms with Crippen LogP contribution >= 0.6 is 0 Å². The summed E-state index contributed by atoms with van der Waals surface area (Å²) < 4.78 is 6.47. The largest absolute Gasteiger partial charge is 0.416 e. The molecular weight excluding hydrogens is 224 g/mol. The Labute approximate surface area is 110 Å². The maximum Gasteiger partial charge on any atom is 0.200 e. The van der Waals surface area contributed by atoms with Gasteiger partial charge in [0.1, 0.15) is 0 Å². The summed E-state index contributed by atoms with van der Waals surface area (Å²) in [4.78, 5) is 0. The molecule has 0 fully saturated rings. The first-order chi connectivity index (χ1) is 7.89. The molecule has 0 spiro atoms. The van der Waals surface area contributed by atoms with Crippen molar-refractivity contribution in [3.63, 3.8) is 0 Å². The molecule has 0 amide bonds.